The predicted molar refractivity (Wildman–Crippen MR) is 103 cm³/mol. The molecular formula is C17H13Cl2N3O2S. The maximum absolute atomic E-state index is 11.1. The Bertz CT molecular complexity index is 856. The summed E-state index contributed by atoms with van der Waals surface area (Å²) in [5, 5.41) is 12.3. The Morgan fingerprint density at radius 3 is 2.80 bits per heavy atom. The highest BCUT2D eigenvalue weighted by atomic mass is 35.5. The van der Waals surface area contributed by atoms with Gasteiger partial charge in [-0.1, -0.05) is 47.1 Å². The molecule has 2 aromatic rings. The molecule has 1 N–H and O–H groups in total. The van der Waals surface area contributed by atoms with Gasteiger partial charge in [-0.25, -0.2) is 0 Å². The van der Waals surface area contributed by atoms with Gasteiger partial charge in [-0.3, -0.25) is 4.79 Å². The van der Waals surface area contributed by atoms with Gasteiger partial charge in [0.15, 0.2) is 5.17 Å². The first kappa shape index (κ1) is 17.8. The monoisotopic (exact) mass is 393 g/mol. The van der Waals surface area contributed by atoms with Gasteiger partial charge in [-0.2, -0.15) is 5.10 Å². The second kappa shape index (κ2) is 8.38. The lowest BCUT2D eigenvalue weighted by Gasteiger charge is -2.09. The molecule has 1 aliphatic heterocycles. The van der Waals surface area contributed by atoms with Crippen LogP contribution in [0.2, 0.25) is 10.0 Å². The number of hydrogen-bond acceptors (Lipinski definition) is 5. The van der Waals surface area contributed by atoms with Gasteiger partial charge in [0.2, 0.25) is 5.91 Å². The van der Waals surface area contributed by atoms with Crippen LogP contribution in [0.1, 0.15) is 11.1 Å². The van der Waals surface area contributed by atoms with Crippen molar-refractivity contribution in [2.24, 2.45) is 10.2 Å². The number of amidine groups is 1. The lowest BCUT2D eigenvalue weighted by atomic mass is 10.2. The average molecular weight is 394 g/mol. The molecule has 1 heterocycles. The van der Waals surface area contributed by atoms with Crippen molar-refractivity contribution in [2.45, 2.75) is 6.61 Å². The highest BCUT2D eigenvalue weighted by molar-refractivity contribution is 8.15. The number of carbonyl (C=O) groups excluding carboxylic acids is 1. The second-order valence-corrected chi connectivity index (χ2v) is 6.92. The third-order valence-corrected chi connectivity index (χ3v) is 4.52. The van der Waals surface area contributed by atoms with Gasteiger partial charge in [-0.15, -0.1) is 5.10 Å². The molecule has 0 spiro atoms. The van der Waals surface area contributed by atoms with Gasteiger partial charge in [0, 0.05) is 15.6 Å². The highest BCUT2D eigenvalue weighted by Gasteiger charge is 2.16. The van der Waals surface area contributed by atoms with E-state index in [1.807, 2.05) is 24.3 Å². The zero-order valence-corrected chi connectivity index (χ0v) is 15.2. The zero-order chi connectivity index (χ0) is 17.6. The van der Waals surface area contributed by atoms with Crippen LogP contribution in [0.3, 0.4) is 0 Å². The van der Waals surface area contributed by atoms with E-state index in [9.17, 15) is 4.79 Å². The van der Waals surface area contributed by atoms with E-state index in [4.69, 9.17) is 27.9 Å². The van der Waals surface area contributed by atoms with Gasteiger partial charge in [0.05, 0.1) is 12.0 Å². The number of rotatable bonds is 5. The number of benzene rings is 2. The summed E-state index contributed by atoms with van der Waals surface area (Å²) in [5.74, 6) is 0.906. The molecular weight excluding hydrogens is 381 g/mol. The van der Waals surface area contributed by atoms with Crippen molar-refractivity contribution in [3.63, 3.8) is 0 Å². The third-order valence-electron chi connectivity index (χ3n) is 3.19. The Morgan fingerprint density at radius 2 is 2.04 bits per heavy atom. The molecule has 0 atom stereocenters. The normalized spacial score (nSPS) is 15.8. The molecule has 1 fully saturated rings. The van der Waals surface area contributed by atoms with Gasteiger partial charge >= 0.3 is 0 Å². The molecule has 0 aliphatic carbocycles. The number of thioether (sulfide) groups is 1. The number of ether oxygens (including phenoxy) is 1. The first-order valence-corrected chi connectivity index (χ1v) is 9.05. The average Bonchev–Trinajstić information content (AvgIpc) is 2.99. The summed E-state index contributed by atoms with van der Waals surface area (Å²) < 4.78 is 5.84. The highest BCUT2D eigenvalue weighted by Crippen LogP contribution is 2.23. The Kier molecular flexibility index (Phi) is 5.96. The Morgan fingerprint density at radius 1 is 1.20 bits per heavy atom. The van der Waals surface area contributed by atoms with Crippen LogP contribution in [0.15, 0.2) is 52.7 Å². The van der Waals surface area contributed by atoms with E-state index in [2.05, 4.69) is 15.5 Å². The Hall–Kier alpha value is -2.02. The van der Waals surface area contributed by atoms with Crippen LogP contribution in [0, 0.1) is 0 Å². The number of hydrogen-bond donors (Lipinski definition) is 1. The minimum Gasteiger partial charge on any atom is -0.488 e. The van der Waals surface area contributed by atoms with Crippen LogP contribution in [-0.4, -0.2) is 23.0 Å². The first-order valence-electron chi connectivity index (χ1n) is 7.30. The second-order valence-electron chi connectivity index (χ2n) is 5.09. The summed E-state index contributed by atoms with van der Waals surface area (Å²) in [6.45, 7) is 0.365. The minimum atomic E-state index is -0.0766. The molecule has 3 rings (SSSR count). The maximum atomic E-state index is 11.1. The summed E-state index contributed by atoms with van der Waals surface area (Å²) in [6, 6.07) is 12.7. The van der Waals surface area contributed by atoms with E-state index >= 15 is 0 Å². The first-order chi connectivity index (χ1) is 12.1. The summed E-state index contributed by atoms with van der Waals surface area (Å²) in [5.41, 5.74) is 1.64. The lowest BCUT2D eigenvalue weighted by Crippen LogP contribution is -2.19. The molecule has 1 saturated heterocycles. The largest absolute Gasteiger partial charge is 0.488 e. The summed E-state index contributed by atoms with van der Waals surface area (Å²) >= 11 is 13.3. The van der Waals surface area contributed by atoms with Gasteiger partial charge in [0.1, 0.15) is 12.4 Å². The van der Waals surface area contributed by atoms with E-state index in [1.165, 1.54) is 18.0 Å². The standard InChI is InChI=1S/C17H13Cl2N3O2S/c18-13-3-1-2-11(6-13)9-24-15-5-4-14(19)7-12(15)8-20-22-17-21-16(23)10-25-17/h1-8H,9-10H2,(H,21,22,23). The predicted octanol–water partition coefficient (Wildman–Crippen LogP) is 4.13. The Balaban J connectivity index is 1.72. The molecule has 25 heavy (non-hydrogen) atoms. The topological polar surface area (TPSA) is 63.0 Å². The number of nitrogens with one attached hydrogen (secondary N) is 1. The fourth-order valence-electron chi connectivity index (χ4n) is 2.06. The van der Waals surface area contributed by atoms with Crippen molar-refractivity contribution in [3.05, 3.63) is 63.6 Å². The van der Waals surface area contributed by atoms with E-state index in [-0.39, 0.29) is 5.91 Å². The molecule has 1 amide bonds. The molecule has 5 nitrogen and oxygen atoms in total. The molecule has 8 heteroatoms. The van der Waals surface area contributed by atoms with E-state index < -0.39 is 0 Å². The van der Waals surface area contributed by atoms with Crippen LogP contribution >= 0.6 is 35.0 Å². The molecule has 0 radical (unpaired) electrons. The van der Waals surface area contributed by atoms with E-state index in [0.29, 0.717) is 38.9 Å². The van der Waals surface area contributed by atoms with Crippen LogP contribution in [0.25, 0.3) is 0 Å². The molecule has 0 saturated carbocycles. The van der Waals surface area contributed by atoms with Gasteiger partial charge < -0.3 is 10.1 Å². The van der Waals surface area contributed by atoms with Crippen molar-refractivity contribution in [2.75, 3.05) is 5.75 Å². The van der Waals surface area contributed by atoms with Gasteiger partial charge in [0.25, 0.3) is 0 Å². The number of carbonyl (C=O) groups is 1. The van der Waals surface area contributed by atoms with Crippen molar-refractivity contribution in [1.82, 2.24) is 5.32 Å². The maximum Gasteiger partial charge on any atom is 0.236 e. The molecule has 0 unspecified atom stereocenters. The summed E-state index contributed by atoms with van der Waals surface area (Å²) in [7, 11) is 0. The molecule has 2 aromatic carbocycles. The molecule has 128 valence electrons. The van der Waals surface area contributed by atoms with E-state index in [1.54, 1.807) is 18.2 Å². The smallest absolute Gasteiger partial charge is 0.236 e. The van der Waals surface area contributed by atoms with E-state index in [0.717, 1.165) is 5.56 Å². The minimum absolute atomic E-state index is 0.0766. The van der Waals surface area contributed by atoms with Crippen LogP contribution in [-0.2, 0) is 11.4 Å². The number of amides is 1. The van der Waals surface area contributed by atoms with Crippen LogP contribution in [0.5, 0.6) is 5.75 Å². The third kappa shape index (κ3) is 5.22. The SMILES string of the molecule is O=C1CSC(=NN=Cc2cc(Cl)ccc2OCc2cccc(Cl)c2)N1. The molecule has 0 aromatic heterocycles. The van der Waals surface area contributed by atoms with Crippen LogP contribution < -0.4 is 10.1 Å². The van der Waals surface area contributed by atoms with Crippen molar-refractivity contribution in [1.29, 1.82) is 0 Å². The van der Waals surface area contributed by atoms with Crippen LogP contribution in [0.4, 0.5) is 0 Å². The van der Waals surface area contributed by atoms with Gasteiger partial charge in [-0.05, 0) is 35.9 Å². The fraction of sp³-hybridized carbons (Fsp3) is 0.118. The Labute approximate surface area is 159 Å². The number of halogens is 2. The van der Waals surface area contributed by atoms with Crippen molar-refractivity contribution >= 4 is 52.3 Å². The molecule has 1 aliphatic rings. The number of nitrogens with zero attached hydrogens (tertiary/aromatic N) is 2. The summed E-state index contributed by atoms with van der Waals surface area (Å²) in [4.78, 5) is 11.1. The lowest BCUT2D eigenvalue weighted by molar-refractivity contribution is -0.116. The van der Waals surface area contributed by atoms with Crippen molar-refractivity contribution in [3.8, 4) is 5.75 Å². The fourth-order valence-corrected chi connectivity index (χ4v) is 3.09. The zero-order valence-electron chi connectivity index (χ0n) is 12.9. The quantitative estimate of drug-likeness (QED) is 0.613. The van der Waals surface area contributed by atoms with Crippen molar-refractivity contribution < 1.29 is 9.53 Å². The molecule has 0 bridgehead atoms. The summed E-state index contributed by atoms with van der Waals surface area (Å²) in [6.07, 6.45) is 1.54.